The van der Waals surface area contributed by atoms with E-state index in [0.29, 0.717) is 39.5 Å². The summed E-state index contributed by atoms with van der Waals surface area (Å²) in [6.45, 7) is 17.3. The van der Waals surface area contributed by atoms with Gasteiger partial charge >= 0.3 is 6.03 Å². The van der Waals surface area contributed by atoms with Crippen LogP contribution in [0.25, 0.3) is 0 Å². The lowest BCUT2D eigenvalue weighted by molar-refractivity contribution is 0.212. The lowest BCUT2D eigenvalue weighted by Gasteiger charge is -2.31. The van der Waals surface area contributed by atoms with Crippen molar-refractivity contribution in [1.82, 2.24) is 4.90 Å². The van der Waals surface area contributed by atoms with Gasteiger partial charge in [0.1, 0.15) is 5.75 Å². The zero-order valence-electron chi connectivity index (χ0n) is 25.7. The molecule has 3 aromatic rings. The zero-order valence-corrected chi connectivity index (χ0v) is 27.9. The van der Waals surface area contributed by atoms with Crippen LogP contribution in [0.2, 0.25) is 15.1 Å². The van der Waals surface area contributed by atoms with E-state index in [4.69, 9.17) is 34.8 Å². The first-order valence-corrected chi connectivity index (χ1v) is 15.1. The Labute approximate surface area is 261 Å². The van der Waals surface area contributed by atoms with E-state index in [-0.39, 0.29) is 22.3 Å². The molecule has 0 aliphatic heterocycles. The van der Waals surface area contributed by atoms with Gasteiger partial charge in [-0.1, -0.05) is 114 Å². The van der Waals surface area contributed by atoms with Crippen molar-refractivity contribution in [2.75, 3.05) is 18.9 Å². The van der Waals surface area contributed by atoms with Crippen LogP contribution in [0.4, 0.5) is 10.5 Å². The Bertz CT molecular complexity index is 1380. The second-order valence-electron chi connectivity index (χ2n) is 13.6. The van der Waals surface area contributed by atoms with Crippen molar-refractivity contribution in [3.8, 4) is 5.75 Å². The summed E-state index contributed by atoms with van der Waals surface area (Å²) < 4.78 is 0. The number of aromatic hydroxyl groups is 1. The van der Waals surface area contributed by atoms with Gasteiger partial charge in [0, 0.05) is 29.7 Å². The highest BCUT2D eigenvalue weighted by Crippen LogP contribution is 2.40. The maximum atomic E-state index is 13.3. The third-order valence-electron chi connectivity index (χ3n) is 7.46. The molecule has 0 radical (unpaired) electrons. The SMILES string of the molecule is CN(CC(C)(C)c1ccc(Cl)c(Cl)c1)C(=O)Nc1cc(Cl)ccc1CCc1cc(C(C)(C)C)c(O)c(C(C)(C)C)c1. The lowest BCUT2D eigenvalue weighted by atomic mass is 9.78. The molecule has 0 aliphatic carbocycles. The van der Waals surface area contributed by atoms with Crippen LogP contribution in [-0.4, -0.2) is 29.6 Å². The number of hydrogen-bond acceptors (Lipinski definition) is 2. The first-order chi connectivity index (χ1) is 18.8. The van der Waals surface area contributed by atoms with Crippen LogP contribution in [0.5, 0.6) is 5.75 Å². The minimum atomic E-state index is -0.355. The van der Waals surface area contributed by atoms with Gasteiger partial charge < -0.3 is 15.3 Å². The van der Waals surface area contributed by atoms with E-state index in [0.717, 1.165) is 34.2 Å². The van der Waals surface area contributed by atoms with Crippen LogP contribution in [-0.2, 0) is 29.1 Å². The van der Waals surface area contributed by atoms with Crippen LogP contribution in [0.1, 0.15) is 83.2 Å². The van der Waals surface area contributed by atoms with E-state index in [9.17, 15) is 9.90 Å². The van der Waals surface area contributed by atoms with E-state index < -0.39 is 0 Å². The van der Waals surface area contributed by atoms with Crippen LogP contribution in [0.15, 0.2) is 48.5 Å². The second-order valence-corrected chi connectivity index (χ2v) is 14.9. The minimum absolute atomic E-state index is 0.199. The van der Waals surface area contributed by atoms with Gasteiger partial charge in [-0.3, -0.25) is 0 Å². The molecule has 0 saturated carbocycles. The Hall–Kier alpha value is -2.40. The second kappa shape index (κ2) is 12.5. The van der Waals surface area contributed by atoms with Crippen LogP contribution < -0.4 is 5.32 Å². The van der Waals surface area contributed by atoms with E-state index in [1.807, 2.05) is 24.3 Å². The fourth-order valence-corrected chi connectivity index (χ4v) is 5.50. The number of phenols is 1. The molecule has 0 fully saturated rings. The van der Waals surface area contributed by atoms with Crippen LogP contribution in [0.3, 0.4) is 0 Å². The van der Waals surface area contributed by atoms with Gasteiger partial charge in [-0.2, -0.15) is 0 Å². The minimum Gasteiger partial charge on any atom is -0.507 e. The van der Waals surface area contributed by atoms with E-state index in [1.54, 1.807) is 24.1 Å². The molecule has 4 nitrogen and oxygen atoms in total. The molecule has 3 aromatic carbocycles. The monoisotopic (exact) mass is 616 g/mol. The first-order valence-electron chi connectivity index (χ1n) is 13.9. The molecule has 0 bridgehead atoms. The number of carbonyl (C=O) groups excluding carboxylic acids is 1. The Morgan fingerprint density at radius 2 is 1.39 bits per heavy atom. The lowest BCUT2D eigenvalue weighted by Crippen LogP contribution is -2.40. The number of rotatable bonds is 7. The summed E-state index contributed by atoms with van der Waals surface area (Å²) in [4.78, 5) is 15.0. The van der Waals surface area contributed by atoms with E-state index in [1.165, 1.54) is 0 Å². The summed E-state index contributed by atoms with van der Waals surface area (Å²) in [7, 11) is 1.78. The van der Waals surface area contributed by atoms with E-state index in [2.05, 4.69) is 72.8 Å². The molecule has 0 aromatic heterocycles. The number of phenolic OH excluding ortho intramolecular Hbond substituents is 1. The fraction of sp³-hybridized carbons (Fsp3) is 0.441. The molecule has 0 heterocycles. The fourth-order valence-electron chi connectivity index (χ4n) is 5.03. The predicted molar refractivity (Wildman–Crippen MR) is 176 cm³/mol. The molecule has 2 amide bonds. The third-order valence-corrected chi connectivity index (χ3v) is 8.44. The smallest absolute Gasteiger partial charge is 0.321 e. The maximum absolute atomic E-state index is 13.3. The molecule has 0 atom stereocenters. The van der Waals surface area contributed by atoms with Gasteiger partial charge in [0.15, 0.2) is 0 Å². The van der Waals surface area contributed by atoms with Crippen molar-refractivity contribution in [3.63, 3.8) is 0 Å². The number of carbonyl (C=O) groups is 1. The summed E-state index contributed by atoms with van der Waals surface area (Å²) in [5.41, 5.74) is 4.94. The summed E-state index contributed by atoms with van der Waals surface area (Å²) in [5, 5.41) is 15.7. The van der Waals surface area contributed by atoms with Crippen molar-refractivity contribution in [2.45, 2.75) is 84.5 Å². The molecule has 3 rings (SSSR count). The molecule has 7 heteroatoms. The maximum Gasteiger partial charge on any atom is 0.321 e. The Morgan fingerprint density at radius 3 is 1.93 bits per heavy atom. The number of urea groups is 1. The number of anilines is 1. The summed E-state index contributed by atoms with van der Waals surface area (Å²) in [6, 6.07) is 15.2. The number of aryl methyl sites for hydroxylation is 2. The van der Waals surface area contributed by atoms with Crippen LogP contribution >= 0.6 is 34.8 Å². The summed E-state index contributed by atoms with van der Waals surface area (Å²) >= 11 is 18.7. The molecule has 222 valence electrons. The predicted octanol–water partition coefficient (Wildman–Crippen LogP) is 10.2. The number of likely N-dealkylation sites (N-methyl/N-ethyl adjacent to an activating group) is 1. The number of nitrogens with one attached hydrogen (secondary N) is 1. The Morgan fingerprint density at radius 1 is 0.805 bits per heavy atom. The third kappa shape index (κ3) is 8.34. The molecule has 0 aliphatic rings. The highest BCUT2D eigenvalue weighted by atomic mass is 35.5. The Kier molecular flexibility index (Phi) is 10.1. The highest BCUT2D eigenvalue weighted by Gasteiger charge is 2.28. The number of halogens is 3. The number of benzene rings is 3. The number of hydrogen-bond donors (Lipinski definition) is 2. The van der Waals surface area contributed by atoms with Gasteiger partial charge in [-0.25, -0.2) is 4.79 Å². The van der Waals surface area contributed by atoms with Gasteiger partial charge in [0.25, 0.3) is 0 Å². The molecular weight excluding hydrogens is 575 g/mol. The average Bonchev–Trinajstić information content (AvgIpc) is 2.84. The highest BCUT2D eigenvalue weighted by molar-refractivity contribution is 6.42. The largest absolute Gasteiger partial charge is 0.507 e. The number of nitrogens with zero attached hydrogens (tertiary/aromatic N) is 1. The van der Waals surface area contributed by atoms with Crippen molar-refractivity contribution >= 4 is 46.5 Å². The molecule has 0 unspecified atom stereocenters. The average molecular weight is 618 g/mol. The summed E-state index contributed by atoms with van der Waals surface area (Å²) in [5.74, 6) is 0.375. The van der Waals surface area contributed by atoms with Crippen molar-refractivity contribution in [1.29, 1.82) is 0 Å². The standard InChI is InChI=1S/C34H43Cl3N2O2/c1-32(2,3)25-16-21(17-26(30(25)40)33(4,5)6)10-11-22-12-14-24(35)19-29(22)38-31(41)39(9)20-34(7,8)23-13-15-27(36)28(37)18-23/h12-19,40H,10-11,20H2,1-9H3,(H,38,41). The van der Waals surface area contributed by atoms with Gasteiger partial charge in [-0.05, 0) is 75.8 Å². The normalized spacial score (nSPS) is 12.4. The van der Waals surface area contributed by atoms with E-state index >= 15 is 0 Å². The molecule has 0 spiro atoms. The molecule has 0 saturated heterocycles. The number of amides is 2. The Balaban J connectivity index is 1.82. The quantitative estimate of drug-likeness (QED) is 0.277. The molecule has 41 heavy (non-hydrogen) atoms. The van der Waals surface area contributed by atoms with Crippen molar-refractivity contribution in [3.05, 3.63) is 91.4 Å². The van der Waals surface area contributed by atoms with Gasteiger partial charge in [0.2, 0.25) is 0 Å². The van der Waals surface area contributed by atoms with Crippen LogP contribution in [0, 0.1) is 0 Å². The van der Waals surface area contributed by atoms with Crippen molar-refractivity contribution < 1.29 is 9.90 Å². The molecular formula is C34H43Cl3N2O2. The van der Waals surface area contributed by atoms with Gasteiger partial charge in [0.05, 0.1) is 10.0 Å². The van der Waals surface area contributed by atoms with Gasteiger partial charge in [-0.15, -0.1) is 0 Å². The zero-order chi connectivity index (χ0) is 30.9. The topological polar surface area (TPSA) is 52.6 Å². The first kappa shape index (κ1) is 33.1. The van der Waals surface area contributed by atoms with Crippen molar-refractivity contribution in [2.24, 2.45) is 0 Å². The molecule has 2 N–H and O–H groups in total. The summed E-state index contributed by atoms with van der Waals surface area (Å²) in [6.07, 6.45) is 1.44.